The van der Waals surface area contributed by atoms with Gasteiger partial charge in [0.15, 0.2) is 5.60 Å². The lowest BCUT2D eigenvalue weighted by atomic mass is 9.86. The van der Waals surface area contributed by atoms with Crippen LogP contribution < -0.4 is 24.2 Å². The SMILES string of the molecule is CCC(C)N(C(=O)O)[C@@H]1C(=O)N2[C@@H](C[C@@](C)(Oc3ncc(OCCOC)c4cc(OC)ccc34)C2(F)F)C(=O)N[C@]2(C(=O)NS(=O)(=O)C3CC3)C[C@H]2/C=C\CC[C@H](C)C[C@H]1C. The van der Waals surface area contributed by atoms with Crippen molar-refractivity contribution >= 4 is 44.6 Å². The summed E-state index contributed by atoms with van der Waals surface area (Å²) >= 11 is 0. The number of hydrogen-bond donors (Lipinski definition) is 3. The van der Waals surface area contributed by atoms with Gasteiger partial charge in [-0.25, -0.2) is 18.2 Å². The van der Waals surface area contributed by atoms with Crippen LogP contribution in [0, 0.1) is 17.8 Å². The molecule has 4 aliphatic rings. The third kappa shape index (κ3) is 8.95. The molecule has 1 aromatic carbocycles. The number of aromatic nitrogens is 1. The normalized spacial score (nSPS) is 30.1. The number of ether oxygens (including phenoxy) is 4. The Morgan fingerprint density at radius 1 is 1.11 bits per heavy atom. The summed E-state index contributed by atoms with van der Waals surface area (Å²) in [6, 6.07) is -4.07. The number of halogens is 2. The van der Waals surface area contributed by atoms with Crippen LogP contribution in [0.5, 0.6) is 17.4 Å². The van der Waals surface area contributed by atoms with Gasteiger partial charge in [-0.05, 0) is 88.8 Å². The molecule has 1 unspecified atom stereocenters. The highest BCUT2D eigenvalue weighted by Gasteiger charge is 2.71. The number of hydrogen-bond acceptors (Lipinski definition) is 11. The van der Waals surface area contributed by atoms with Gasteiger partial charge < -0.3 is 29.4 Å². The van der Waals surface area contributed by atoms with Crippen LogP contribution in [0.1, 0.15) is 86.0 Å². The lowest BCUT2D eigenvalue weighted by molar-refractivity contribution is -0.219. The van der Waals surface area contributed by atoms with E-state index in [1.54, 1.807) is 45.0 Å². The zero-order valence-electron chi connectivity index (χ0n) is 35.6. The summed E-state index contributed by atoms with van der Waals surface area (Å²) < 4.78 is 86.1. The van der Waals surface area contributed by atoms with E-state index in [0.29, 0.717) is 36.8 Å². The molecule has 8 atom stereocenters. The minimum Gasteiger partial charge on any atom is -0.497 e. The van der Waals surface area contributed by atoms with E-state index in [2.05, 4.69) is 15.0 Å². The smallest absolute Gasteiger partial charge is 0.408 e. The topological polar surface area (TPSA) is 203 Å². The monoisotopic (exact) mass is 877 g/mol. The Labute approximate surface area is 354 Å². The molecule has 2 aliphatic heterocycles. The minimum atomic E-state index is -4.31. The molecular weight excluding hydrogens is 821 g/mol. The zero-order chi connectivity index (χ0) is 44.7. The van der Waals surface area contributed by atoms with Gasteiger partial charge in [0.2, 0.25) is 21.8 Å². The number of fused-ring (bicyclic) bond motifs is 3. The number of carboxylic acid groups (broad SMARTS) is 1. The predicted octanol–water partition coefficient (Wildman–Crippen LogP) is 5.24. The van der Waals surface area contributed by atoms with Crippen LogP contribution in [0.3, 0.4) is 0 Å². The molecule has 4 amide bonds. The molecule has 2 aromatic rings. The molecule has 61 heavy (non-hydrogen) atoms. The Morgan fingerprint density at radius 2 is 1.84 bits per heavy atom. The molecular formula is C42H57F2N5O11S. The first kappa shape index (κ1) is 45.7. The number of carbonyl (C=O) groups excluding carboxylic acids is 3. The predicted molar refractivity (Wildman–Crippen MR) is 219 cm³/mol. The molecule has 1 aromatic heterocycles. The maximum Gasteiger partial charge on any atom is 0.408 e. The Bertz CT molecular complexity index is 2160. The summed E-state index contributed by atoms with van der Waals surface area (Å²) in [5, 5.41) is 13.1. The van der Waals surface area contributed by atoms with Gasteiger partial charge in [0, 0.05) is 36.3 Å². The van der Waals surface area contributed by atoms with E-state index in [0.717, 1.165) is 11.8 Å². The number of pyridine rings is 1. The quantitative estimate of drug-likeness (QED) is 0.134. The Kier molecular flexibility index (Phi) is 13.1. The number of amides is 4. The Hall–Kier alpha value is -4.78. The minimum absolute atomic E-state index is 0.0275. The van der Waals surface area contributed by atoms with Crippen molar-refractivity contribution in [1.82, 2.24) is 24.8 Å². The lowest BCUT2D eigenvalue weighted by Crippen LogP contribution is -2.64. The molecule has 3 heterocycles. The number of nitrogens with zero attached hydrogens (tertiary/aromatic N) is 3. The van der Waals surface area contributed by atoms with Crippen molar-refractivity contribution in [3.63, 3.8) is 0 Å². The van der Waals surface area contributed by atoms with Crippen molar-refractivity contribution in [3.05, 3.63) is 36.5 Å². The van der Waals surface area contributed by atoms with E-state index < -0.39 is 92.7 Å². The maximum atomic E-state index is 17.8. The van der Waals surface area contributed by atoms with Crippen molar-refractivity contribution in [1.29, 1.82) is 0 Å². The van der Waals surface area contributed by atoms with Gasteiger partial charge >= 0.3 is 12.1 Å². The molecule has 0 spiro atoms. The first-order valence-corrected chi connectivity index (χ1v) is 22.3. The fourth-order valence-corrected chi connectivity index (χ4v) is 9.99. The molecule has 1 saturated heterocycles. The second kappa shape index (κ2) is 17.5. The fraction of sp³-hybridized carbons (Fsp3) is 0.643. The van der Waals surface area contributed by atoms with Crippen molar-refractivity contribution in [2.45, 2.75) is 127 Å². The van der Waals surface area contributed by atoms with E-state index in [4.69, 9.17) is 18.9 Å². The van der Waals surface area contributed by atoms with Gasteiger partial charge in [-0.1, -0.05) is 32.9 Å². The van der Waals surface area contributed by atoms with Crippen LogP contribution >= 0.6 is 0 Å². The maximum absolute atomic E-state index is 17.8. The molecule has 16 nitrogen and oxygen atoms in total. The summed E-state index contributed by atoms with van der Waals surface area (Å²) in [7, 11) is -1.12. The van der Waals surface area contributed by atoms with Gasteiger partial charge in [0.25, 0.3) is 11.8 Å². The average Bonchev–Trinajstić information content (AvgIpc) is 4.14. The molecule has 2 aliphatic carbocycles. The number of sulfonamides is 1. The summed E-state index contributed by atoms with van der Waals surface area (Å²) in [5.41, 5.74) is -4.52. The van der Waals surface area contributed by atoms with Crippen LogP contribution in [0.15, 0.2) is 36.5 Å². The Balaban J connectivity index is 1.47. The molecule has 3 N–H and O–H groups in total. The number of rotatable bonds is 13. The largest absolute Gasteiger partial charge is 0.497 e. The molecule has 2 saturated carbocycles. The Morgan fingerprint density at radius 3 is 2.48 bits per heavy atom. The van der Waals surface area contributed by atoms with Gasteiger partial charge in [-0.3, -0.25) is 28.9 Å². The lowest BCUT2D eigenvalue weighted by Gasteiger charge is -2.42. The van der Waals surface area contributed by atoms with Crippen LogP contribution in [0.4, 0.5) is 13.6 Å². The van der Waals surface area contributed by atoms with Crippen LogP contribution in [0.2, 0.25) is 0 Å². The first-order valence-electron chi connectivity index (χ1n) is 20.8. The van der Waals surface area contributed by atoms with Crippen molar-refractivity contribution in [3.8, 4) is 17.4 Å². The number of methoxy groups -OCH3 is 2. The summed E-state index contributed by atoms with van der Waals surface area (Å²) in [6.45, 7) is 8.27. The second-order valence-corrected chi connectivity index (χ2v) is 19.1. The van der Waals surface area contributed by atoms with E-state index in [9.17, 15) is 27.9 Å². The summed E-state index contributed by atoms with van der Waals surface area (Å²) in [5.74, 6) is -4.68. The third-order valence-corrected chi connectivity index (χ3v) is 14.4. The van der Waals surface area contributed by atoms with Crippen LogP contribution in [-0.2, 0) is 29.1 Å². The van der Waals surface area contributed by atoms with Crippen molar-refractivity contribution in [2.75, 3.05) is 27.4 Å². The number of benzene rings is 1. The van der Waals surface area contributed by atoms with E-state index >= 15 is 13.6 Å². The summed E-state index contributed by atoms with van der Waals surface area (Å²) in [4.78, 5) is 62.1. The average molecular weight is 878 g/mol. The van der Waals surface area contributed by atoms with Crippen LogP contribution in [-0.4, -0.2) is 120 Å². The first-order chi connectivity index (χ1) is 28.7. The number of allylic oxidation sites excluding steroid dienone is 1. The molecule has 3 fully saturated rings. The molecule has 6 rings (SSSR count). The van der Waals surface area contributed by atoms with Gasteiger partial charge in [0.1, 0.15) is 35.7 Å². The molecule has 0 bridgehead atoms. The number of carbonyl (C=O) groups is 4. The highest BCUT2D eigenvalue weighted by molar-refractivity contribution is 7.91. The van der Waals surface area contributed by atoms with E-state index in [1.807, 2.05) is 13.0 Å². The molecule has 19 heteroatoms. The fourth-order valence-electron chi connectivity index (χ4n) is 8.63. The summed E-state index contributed by atoms with van der Waals surface area (Å²) in [6.07, 6.45) is 4.81. The number of nitrogens with one attached hydrogen (secondary N) is 2. The third-order valence-electron chi connectivity index (χ3n) is 12.6. The van der Waals surface area contributed by atoms with E-state index in [1.165, 1.54) is 20.4 Å². The zero-order valence-corrected chi connectivity index (χ0v) is 36.4. The standard InChI is InChI=1S/C42H57F2N5O11S/c1-8-26(4)48(39(53)54)34-25(3)19-24(2)11-9-10-12-27-21-41(27,38(52)47-61(55,56)29-14-15-29)46-35(50)32-22-40(5,42(43,44)49(32)37(34)51)60-36-30-16-13-28(58-7)20-31(30)33(23-45-36)59-18-17-57-6/h10,12-13,16,20,23-27,29,32,34H,8-9,11,14-15,17-19,21-22H2,1-7H3,(H,46,50)(H,47,52)(H,53,54)/b12-10-/t24-,25+,26?,27+,32-,34-,40+,41+/m0/s1. The van der Waals surface area contributed by atoms with Gasteiger partial charge in [0.05, 0.1) is 25.2 Å². The highest BCUT2D eigenvalue weighted by atomic mass is 32.2. The van der Waals surface area contributed by atoms with Gasteiger partial charge in [-0.15, -0.1) is 0 Å². The van der Waals surface area contributed by atoms with Crippen molar-refractivity contribution in [2.24, 2.45) is 17.8 Å². The number of alkyl halides is 2. The van der Waals surface area contributed by atoms with Crippen molar-refractivity contribution < 1.29 is 60.4 Å². The highest BCUT2D eigenvalue weighted by Crippen LogP contribution is 2.51. The molecule has 336 valence electrons. The molecule has 0 radical (unpaired) electrons. The van der Waals surface area contributed by atoms with E-state index in [-0.39, 0.29) is 60.3 Å². The van der Waals surface area contributed by atoms with Crippen LogP contribution in [0.25, 0.3) is 10.8 Å². The second-order valence-electron chi connectivity index (χ2n) is 17.1. The van der Waals surface area contributed by atoms with Gasteiger partial charge in [-0.2, -0.15) is 8.78 Å².